The number of hydrogen-bond donors (Lipinski definition) is 1. The Morgan fingerprint density at radius 3 is 2.00 bits per heavy atom. The third-order valence-corrected chi connectivity index (χ3v) is 3.61. The SMILES string of the molecule is CCCCC#CC(C)(O)c1ccc(-c2ccc(F)cc2)cc1.[I-].[Mg+2]. The molecule has 0 bridgehead atoms. The standard InChI is InChI=1S/C20H21FO.HI.Mg/c1-3-4-5-6-15-20(2,22)18-11-7-16(8-12-18)17-9-13-19(21)14-10-17;;/h7-14,22H,3-5H2,1-2H3;1H;/q;;+2/p-1. The number of halogens is 2. The average molecular weight is 448 g/mol. The van der Waals surface area contributed by atoms with Crippen LogP contribution < -0.4 is 24.0 Å². The summed E-state index contributed by atoms with van der Waals surface area (Å²) in [6.45, 7) is 3.83. The molecule has 0 aliphatic heterocycles. The average Bonchev–Trinajstić information content (AvgIpc) is 2.52. The summed E-state index contributed by atoms with van der Waals surface area (Å²) in [4.78, 5) is 0. The first-order valence-corrected chi connectivity index (χ1v) is 7.62. The predicted molar refractivity (Wildman–Crippen MR) is 94.5 cm³/mol. The molecule has 0 aliphatic rings. The van der Waals surface area contributed by atoms with Crippen molar-refractivity contribution in [2.45, 2.75) is 38.7 Å². The summed E-state index contributed by atoms with van der Waals surface area (Å²) in [6.07, 6.45) is 2.95. The smallest absolute Gasteiger partial charge is 1.00 e. The minimum atomic E-state index is -1.14. The fraction of sp³-hybridized carbons (Fsp3) is 0.300. The second-order valence-electron chi connectivity index (χ2n) is 5.56. The topological polar surface area (TPSA) is 20.2 Å². The van der Waals surface area contributed by atoms with Crippen molar-refractivity contribution in [2.75, 3.05) is 0 Å². The zero-order valence-electron chi connectivity index (χ0n) is 14.2. The Kier molecular flexibility index (Phi) is 10.8. The molecule has 0 heterocycles. The van der Waals surface area contributed by atoms with Gasteiger partial charge in [-0.15, -0.1) is 0 Å². The van der Waals surface area contributed by atoms with Crippen LogP contribution in [0, 0.1) is 17.7 Å². The predicted octanol–water partition coefficient (Wildman–Crippen LogP) is 1.52. The molecule has 0 amide bonds. The monoisotopic (exact) mass is 447 g/mol. The van der Waals surface area contributed by atoms with E-state index >= 15 is 0 Å². The van der Waals surface area contributed by atoms with Crippen LogP contribution >= 0.6 is 0 Å². The van der Waals surface area contributed by atoms with E-state index < -0.39 is 5.60 Å². The number of benzene rings is 2. The molecule has 0 saturated carbocycles. The van der Waals surface area contributed by atoms with Crippen molar-refractivity contribution >= 4 is 23.1 Å². The Hall–Kier alpha value is -0.614. The minimum Gasteiger partial charge on any atom is -1.00 e. The summed E-state index contributed by atoms with van der Waals surface area (Å²) in [5.41, 5.74) is 1.55. The van der Waals surface area contributed by atoms with Crippen LogP contribution in [0.25, 0.3) is 11.1 Å². The first-order valence-electron chi connectivity index (χ1n) is 7.62. The second kappa shape index (κ2) is 11.1. The molecule has 2 aromatic carbocycles. The van der Waals surface area contributed by atoms with Gasteiger partial charge in [-0.05, 0) is 42.2 Å². The van der Waals surface area contributed by atoms with Gasteiger partial charge in [0.2, 0.25) is 0 Å². The number of aliphatic hydroxyl groups is 1. The number of rotatable bonds is 4. The van der Waals surface area contributed by atoms with Gasteiger partial charge in [0, 0.05) is 6.42 Å². The molecule has 0 saturated heterocycles. The van der Waals surface area contributed by atoms with E-state index in [0.29, 0.717) is 0 Å². The van der Waals surface area contributed by atoms with Gasteiger partial charge >= 0.3 is 23.1 Å². The van der Waals surface area contributed by atoms with Gasteiger partial charge in [-0.2, -0.15) is 0 Å². The Labute approximate surface area is 177 Å². The fourth-order valence-corrected chi connectivity index (χ4v) is 2.20. The number of unbranched alkanes of at least 4 members (excludes halogenated alkanes) is 2. The van der Waals surface area contributed by atoms with Crippen molar-refractivity contribution in [3.8, 4) is 23.0 Å². The molecule has 4 heteroatoms. The largest absolute Gasteiger partial charge is 2.00 e. The first-order chi connectivity index (χ1) is 10.5. The molecule has 0 spiro atoms. The molecule has 0 aromatic heterocycles. The molecule has 1 unspecified atom stereocenters. The molecule has 0 fully saturated rings. The molecule has 24 heavy (non-hydrogen) atoms. The van der Waals surface area contributed by atoms with Gasteiger partial charge in [0.25, 0.3) is 0 Å². The van der Waals surface area contributed by atoms with Crippen LogP contribution in [0.4, 0.5) is 4.39 Å². The molecule has 1 nitrogen and oxygen atoms in total. The van der Waals surface area contributed by atoms with Crippen molar-refractivity contribution in [1.82, 2.24) is 0 Å². The maximum absolute atomic E-state index is 12.9. The van der Waals surface area contributed by atoms with E-state index in [2.05, 4.69) is 18.8 Å². The number of hydrogen-bond acceptors (Lipinski definition) is 1. The molecule has 1 atom stereocenters. The molecular weight excluding hydrogens is 426 g/mol. The van der Waals surface area contributed by atoms with Crippen LogP contribution in [0.15, 0.2) is 48.5 Å². The minimum absolute atomic E-state index is 0. The zero-order chi connectivity index (χ0) is 16.0. The summed E-state index contributed by atoms with van der Waals surface area (Å²) < 4.78 is 12.9. The molecule has 2 rings (SSSR count). The summed E-state index contributed by atoms with van der Waals surface area (Å²) in [6, 6.07) is 14.0. The maximum Gasteiger partial charge on any atom is 2.00 e. The van der Waals surface area contributed by atoms with E-state index in [1.165, 1.54) is 12.1 Å². The molecule has 122 valence electrons. The third-order valence-electron chi connectivity index (χ3n) is 3.61. The molecule has 2 aromatic rings. The van der Waals surface area contributed by atoms with Gasteiger partial charge in [-0.3, -0.25) is 0 Å². The van der Waals surface area contributed by atoms with Gasteiger partial charge < -0.3 is 29.1 Å². The van der Waals surface area contributed by atoms with Crippen molar-refractivity contribution in [2.24, 2.45) is 0 Å². The Balaban J connectivity index is 0.00000264. The van der Waals surface area contributed by atoms with E-state index in [4.69, 9.17) is 0 Å². The molecular formula is C20H21FIMgO+. The van der Waals surface area contributed by atoms with Crippen molar-refractivity contribution in [3.63, 3.8) is 0 Å². The van der Waals surface area contributed by atoms with Crippen molar-refractivity contribution in [1.29, 1.82) is 0 Å². The van der Waals surface area contributed by atoms with Crippen LogP contribution in [0.3, 0.4) is 0 Å². The van der Waals surface area contributed by atoms with E-state index in [1.807, 2.05) is 24.3 Å². The molecule has 0 radical (unpaired) electrons. The van der Waals surface area contributed by atoms with Gasteiger partial charge in [0.15, 0.2) is 0 Å². The third kappa shape index (κ3) is 6.71. The zero-order valence-corrected chi connectivity index (χ0v) is 17.7. The van der Waals surface area contributed by atoms with E-state index in [-0.39, 0.29) is 52.8 Å². The molecule has 1 N–H and O–H groups in total. The maximum atomic E-state index is 12.9. The summed E-state index contributed by atoms with van der Waals surface area (Å²) in [5.74, 6) is 5.72. The van der Waals surface area contributed by atoms with Crippen molar-refractivity contribution in [3.05, 3.63) is 59.9 Å². The summed E-state index contributed by atoms with van der Waals surface area (Å²) in [7, 11) is 0. The van der Waals surface area contributed by atoms with Crippen LogP contribution in [0.1, 0.15) is 38.7 Å². The van der Waals surface area contributed by atoms with Crippen LogP contribution in [-0.4, -0.2) is 28.2 Å². The van der Waals surface area contributed by atoms with Crippen molar-refractivity contribution < 1.29 is 33.5 Å². The fourth-order valence-electron chi connectivity index (χ4n) is 2.20. The normalized spacial score (nSPS) is 12.0. The molecule has 0 aliphatic carbocycles. The summed E-state index contributed by atoms with van der Waals surface area (Å²) >= 11 is 0. The Bertz CT molecular complexity index is 670. The summed E-state index contributed by atoms with van der Waals surface area (Å²) in [5, 5.41) is 10.5. The second-order valence-corrected chi connectivity index (χ2v) is 5.56. The van der Waals surface area contributed by atoms with Crippen LogP contribution in [-0.2, 0) is 5.60 Å². The first kappa shape index (κ1) is 23.4. The van der Waals surface area contributed by atoms with Gasteiger partial charge in [0.05, 0.1) is 0 Å². The van der Waals surface area contributed by atoms with E-state index in [0.717, 1.165) is 36.0 Å². The Morgan fingerprint density at radius 2 is 1.50 bits per heavy atom. The van der Waals surface area contributed by atoms with Gasteiger partial charge in [-0.1, -0.05) is 61.6 Å². The Morgan fingerprint density at radius 1 is 1.00 bits per heavy atom. The van der Waals surface area contributed by atoms with Gasteiger partial charge in [-0.25, -0.2) is 4.39 Å². The quantitative estimate of drug-likeness (QED) is 0.326. The van der Waals surface area contributed by atoms with E-state index in [9.17, 15) is 9.50 Å². The van der Waals surface area contributed by atoms with Crippen LogP contribution in [0.5, 0.6) is 0 Å². The van der Waals surface area contributed by atoms with Gasteiger partial charge in [0.1, 0.15) is 11.4 Å². The van der Waals surface area contributed by atoms with Crippen LogP contribution in [0.2, 0.25) is 0 Å². The van der Waals surface area contributed by atoms with E-state index in [1.54, 1.807) is 19.1 Å².